The summed E-state index contributed by atoms with van der Waals surface area (Å²) in [4.78, 5) is 11.8. The molecule has 2 rings (SSSR count). The van der Waals surface area contributed by atoms with E-state index >= 15 is 0 Å². The predicted molar refractivity (Wildman–Crippen MR) is 50.3 cm³/mol. The minimum absolute atomic E-state index is 0.540. The number of hydrogen-bond donors (Lipinski definition) is 1. The van der Waals surface area contributed by atoms with E-state index in [-0.39, 0.29) is 0 Å². The Hall–Kier alpha value is -1.81. The van der Waals surface area contributed by atoms with Gasteiger partial charge < -0.3 is 5.11 Å². The molecule has 2 heterocycles. The molecule has 14 heavy (non-hydrogen) atoms. The largest absolute Gasteiger partial charge is 0.382 e. The van der Waals surface area contributed by atoms with Crippen LogP contribution in [0.1, 0.15) is 17.4 Å². The lowest BCUT2D eigenvalue weighted by Gasteiger charge is -2.08. The molecular formula is C10H9N3O. The standard InChI is InChI=1S/C10H9N3O/c14-10(8-1-3-11-4-2-8)9-7-12-5-6-13-9/h1-7,10,14H. The molecule has 0 fully saturated rings. The van der Waals surface area contributed by atoms with Crippen molar-refractivity contribution in [1.29, 1.82) is 0 Å². The van der Waals surface area contributed by atoms with E-state index in [0.29, 0.717) is 5.69 Å². The number of aromatic nitrogens is 3. The summed E-state index contributed by atoms with van der Waals surface area (Å²) in [6.07, 6.45) is 7.21. The van der Waals surface area contributed by atoms with Gasteiger partial charge in [0, 0.05) is 24.8 Å². The molecule has 0 amide bonds. The van der Waals surface area contributed by atoms with E-state index in [1.165, 1.54) is 0 Å². The molecule has 0 bridgehead atoms. The molecule has 1 unspecified atom stereocenters. The van der Waals surface area contributed by atoms with Crippen LogP contribution in [0.15, 0.2) is 43.1 Å². The summed E-state index contributed by atoms with van der Waals surface area (Å²) in [5, 5.41) is 9.86. The lowest BCUT2D eigenvalue weighted by Crippen LogP contribution is -2.02. The Morgan fingerprint density at radius 3 is 2.43 bits per heavy atom. The van der Waals surface area contributed by atoms with Crippen LogP contribution in [0.2, 0.25) is 0 Å². The van der Waals surface area contributed by atoms with Crippen LogP contribution in [0.4, 0.5) is 0 Å². The Bertz CT molecular complexity index is 351. The number of pyridine rings is 1. The molecule has 2 aromatic rings. The van der Waals surface area contributed by atoms with Gasteiger partial charge in [0.1, 0.15) is 6.10 Å². The van der Waals surface area contributed by atoms with Gasteiger partial charge in [-0.1, -0.05) is 0 Å². The Kier molecular flexibility index (Phi) is 2.46. The van der Waals surface area contributed by atoms with Gasteiger partial charge in [0.15, 0.2) is 0 Å². The van der Waals surface area contributed by atoms with Crippen LogP contribution < -0.4 is 0 Å². The maximum absolute atomic E-state index is 9.86. The molecule has 0 radical (unpaired) electrons. The second-order valence-corrected chi connectivity index (χ2v) is 2.81. The van der Waals surface area contributed by atoms with Gasteiger partial charge in [-0.2, -0.15) is 0 Å². The van der Waals surface area contributed by atoms with Crippen LogP contribution in [0, 0.1) is 0 Å². The highest BCUT2D eigenvalue weighted by atomic mass is 16.3. The number of aliphatic hydroxyl groups is 1. The summed E-state index contributed by atoms with van der Waals surface area (Å²) in [7, 11) is 0. The second kappa shape index (κ2) is 3.93. The minimum Gasteiger partial charge on any atom is -0.382 e. The second-order valence-electron chi connectivity index (χ2n) is 2.81. The summed E-state index contributed by atoms with van der Waals surface area (Å²) in [6, 6.07) is 3.50. The van der Waals surface area contributed by atoms with Crippen molar-refractivity contribution >= 4 is 0 Å². The van der Waals surface area contributed by atoms with Gasteiger partial charge in [-0.15, -0.1) is 0 Å². The molecule has 4 nitrogen and oxygen atoms in total. The van der Waals surface area contributed by atoms with Crippen LogP contribution in [0.5, 0.6) is 0 Å². The Labute approximate surface area is 81.3 Å². The number of nitrogens with zero attached hydrogens (tertiary/aromatic N) is 3. The van der Waals surface area contributed by atoms with Gasteiger partial charge in [0.25, 0.3) is 0 Å². The van der Waals surface area contributed by atoms with Crippen molar-refractivity contribution in [3.8, 4) is 0 Å². The smallest absolute Gasteiger partial charge is 0.123 e. The van der Waals surface area contributed by atoms with Crippen molar-refractivity contribution < 1.29 is 5.11 Å². The Morgan fingerprint density at radius 2 is 1.79 bits per heavy atom. The molecule has 2 aromatic heterocycles. The summed E-state index contributed by atoms with van der Waals surface area (Å²) in [5.41, 5.74) is 1.30. The highest BCUT2D eigenvalue weighted by Crippen LogP contribution is 2.17. The van der Waals surface area contributed by atoms with Gasteiger partial charge in [0.2, 0.25) is 0 Å². The van der Waals surface area contributed by atoms with Crippen LogP contribution >= 0.6 is 0 Å². The first-order chi connectivity index (χ1) is 6.88. The number of aliphatic hydroxyl groups excluding tert-OH is 1. The summed E-state index contributed by atoms with van der Waals surface area (Å²) in [5.74, 6) is 0. The van der Waals surface area contributed by atoms with Gasteiger partial charge in [-0.05, 0) is 17.7 Å². The molecule has 70 valence electrons. The molecule has 0 saturated heterocycles. The van der Waals surface area contributed by atoms with Crippen molar-refractivity contribution in [2.45, 2.75) is 6.10 Å². The first-order valence-corrected chi connectivity index (χ1v) is 4.22. The zero-order valence-corrected chi connectivity index (χ0v) is 7.41. The van der Waals surface area contributed by atoms with Crippen molar-refractivity contribution in [1.82, 2.24) is 15.0 Å². The van der Waals surface area contributed by atoms with Crippen LogP contribution in [0.3, 0.4) is 0 Å². The average Bonchev–Trinajstić information content (AvgIpc) is 2.30. The molecule has 0 aliphatic heterocycles. The van der Waals surface area contributed by atoms with Crippen molar-refractivity contribution in [3.05, 3.63) is 54.4 Å². The summed E-state index contributed by atoms with van der Waals surface area (Å²) < 4.78 is 0. The monoisotopic (exact) mass is 187 g/mol. The highest BCUT2D eigenvalue weighted by molar-refractivity contribution is 5.21. The molecule has 0 aromatic carbocycles. The lowest BCUT2D eigenvalue weighted by atomic mass is 10.1. The number of hydrogen-bond acceptors (Lipinski definition) is 4. The van der Waals surface area contributed by atoms with E-state index in [0.717, 1.165) is 5.56 Å². The van der Waals surface area contributed by atoms with E-state index in [2.05, 4.69) is 15.0 Å². The maximum Gasteiger partial charge on any atom is 0.123 e. The fourth-order valence-corrected chi connectivity index (χ4v) is 1.17. The molecule has 4 heteroatoms. The predicted octanol–water partition coefficient (Wildman–Crippen LogP) is 0.953. The zero-order chi connectivity index (χ0) is 9.80. The quantitative estimate of drug-likeness (QED) is 0.760. The zero-order valence-electron chi connectivity index (χ0n) is 7.41. The number of rotatable bonds is 2. The van der Waals surface area contributed by atoms with Crippen LogP contribution in [0.25, 0.3) is 0 Å². The molecule has 1 atom stereocenters. The van der Waals surface area contributed by atoms with Crippen molar-refractivity contribution in [2.24, 2.45) is 0 Å². The maximum atomic E-state index is 9.86. The van der Waals surface area contributed by atoms with E-state index in [1.54, 1.807) is 43.1 Å². The Morgan fingerprint density at radius 1 is 1.00 bits per heavy atom. The first kappa shape index (κ1) is 8.77. The first-order valence-electron chi connectivity index (χ1n) is 4.22. The van der Waals surface area contributed by atoms with Gasteiger partial charge in [-0.25, -0.2) is 0 Å². The van der Waals surface area contributed by atoms with E-state index in [1.807, 2.05) is 0 Å². The third kappa shape index (κ3) is 1.75. The van der Waals surface area contributed by atoms with Crippen molar-refractivity contribution in [2.75, 3.05) is 0 Å². The third-order valence-corrected chi connectivity index (χ3v) is 1.89. The van der Waals surface area contributed by atoms with E-state index in [9.17, 15) is 5.11 Å². The molecule has 0 aliphatic carbocycles. The third-order valence-electron chi connectivity index (χ3n) is 1.89. The normalized spacial score (nSPS) is 12.4. The molecule has 0 aliphatic rings. The Balaban J connectivity index is 2.30. The lowest BCUT2D eigenvalue weighted by molar-refractivity contribution is 0.214. The SMILES string of the molecule is OC(c1ccncc1)c1cnccn1. The molecule has 0 spiro atoms. The van der Waals surface area contributed by atoms with Crippen molar-refractivity contribution in [3.63, 3.8) is 0 Å². The fraction of sp³-hybridized carbons (Fsp3) is 0.100. The summed E-state index contributed by atoms with van der Waals surface area (Å²) >= 11 is 0. The van der Waals surface area contributed by atoms with E-state index < -0.39 is 6.10 Å². The van der Waals surface area contributed by atoms with Crippen LogP contribution in [-0.2, 0) is 0 Å². The van der Waals surface area contributed by atoms with E-state index in [4.69, 9.17) is 0 Å². The fourth-order valence-electron chi connectivity index (χ4n) is 1.17. The molecular weight excluding hydrogens is 178 g/mol. The van der Waals surface area contributed by atoms with Gasteiger partial charge >= 0.3 is 0 Å². The summed E-state index contributed by atoms with van der Waals surface area (Å²) in [6.45, 7) is 0. The van der Waals surface area contributed by atoms with Gasteiger partial charge in [0.05, 0.1) is 11.9 Å². The minimum atomic E-state index is -0.730. The highest BCUT2D eigenvalue weighted by Gasteiger charge is 2.10. The average molecular weight is 187 g/mol. The topological polar surface area (TPSA) is 58.9 Å². The van der Waals surface area contributed by atoms with Gasteiger partial charge in [-0.3, -0.25) is 15.0 Å². The van der Waals surface area contributed by atoms with Crippen LogP contribution in [-0.4, -0.2) is 20.1 Å². The molecule has 0 saturated carbocycles. The molecule has 1 N–H and O–H groups in total.